The van der Waals surface area contributed by atoms with Crippen LogP contribution >= 0.6 is 0 Å². The quantitative estimate of drug-likeness (QED) is 0.647. The Labute approximate surface area is 97.3 Å². The largest absolute Gasteiger partial charge is 0.263 e. The Morgan fingerprint density at radius 2 is 2.12 bits per heavy atom. The van der Waals surface area contributed by atoms with Crippen LogP contribution < -0.4 is 0 Å². The summed E-state index contributed by atoms with van der Waals surface area (Å²) in [7, 11) is -2.13. The minimum Gasteiger partial charge on any atom is -0.263 e. The van der Waals surface area contributed by atoms with E-state index in [4.69, 9.17) is 0 Å². The molecule has 0 saturated carbocycles. The first-order chi connectivity index (χ1) is 7.31. The molecule has 0 N–H and O–H groups in total. The van der Waals surface area contributed by atoms with Gasteiger partial charge in [0.25, 0.3) is 0 Å². The molecular formula is C12H18N2OS. The predicted molar refractivity (Wildman–Crippen MR) is 67.4 cm³/mol. The molecule has 1 aromatic heterocycles. The van der Waals surface area contributed by atoms with Crippen LogP contribution in [0.5, 0.6) is 0 Å². The first kappa shape index (κ1) is 11.6. The van der Waals surface area contributed by atoms with E-state index in [0.717, 1.165) is 29.3 Å². The summed E-state index contributed by atoms with van der Waals surface area (Å²) in [5.41, 5.74) is 0.875. The van der Waals surface area contributed by atoms with Gasteiger partial charge in [-0.25, -0.2) is 9.97 Å². The SMILES string of the molecule is C=S1(=O)CCCc2nc(C(C)(C)C)ncc21. The van der Waals surface area contributed by atoms with E-state index in [9.17, 15) is 4.21 Å². The topological polar surface area (TPSA) is 42.9 Å². The van der Waals surface area contributed by atoms with Crippen LogP contribution in [-0.4, -0.2) is 25.8 Å². The second-order valence-corrected chi connectivity index (χ2v) is 7.85. The molecule has 0 saturated heterocycles. The van der Waals surface area contributed by atoms with Gasteiger partial charge in [0.15, 0.2) is 0 Å². The Balaban J connectivity index is 2.57. The van der Waals surface area contributed by atoms with E-state index in [1.165, 1.54) is 0 Å². The van der Waals surface area contributed by atoms with Crippen molar-refractivity contribution in [1.82, 2.24) is 9.97 Å². The first-order valence-electron chi connectivity index (χ1n) is 5.52. The number of fused-ring (bicyclic) bond motifs is 1. The van der Waals surface area contributed by atoms with Crippen LogP contribution in [0.2, 0.25) is 0 Å². The summed E-state index contributed by atoms with van der Waals surface area (Å²) in [5.74, 6) is 5.30. The van der Waals surface area contributed by atoms with Crippen molar-refractivity contribution in [3.63, 3.8) is 0 Å². The lowest BCUT2D eigenvalue weighted by atomic mass is 9.95. The Hall–Kier alpha value is -0.900. The molecule has 88 valence electrons. The van der Waals surface area contributed by atoms with E-state index in [0.29, 0.717) is 5.75 Å². The van der Waals surface area contributed by atoms with Crippen LogP contribution in [-0.2, 0) is 21.4 Å². The third kappa shape index (κ3) is 1.98. The lowest BCUT2D eigenvalue weighted by molar-refractivity contribution is 0.535. The molecule has 1 aliphatic rings. The molecule has 1 unspecified atom stereocenters. The molecule has 1 atom stereocenters. The third-order valence-electron chi connectivity index (χ3n) is 2.79. The molecule has 0 aromatic carbocycles. The molecule has 0 amide bonds. The Morgan fingerprint density at radius 3 is 2.75 bits per heavy atom. The number of aromatic nitrogens is 2. The highest BCUT2D eigenvalue weighted by Gasteiger charge is 2.24. The van der Waals surface area contributed by atoms with Crippen LogP contribution in [0, 0.1) is 0 Å². The zero-order valence-corrected chi connectivity index (χ0v) is 10.9. The molecule has 0 spiro atoms. The van der Waals surface area contributed by atoms with Gasteiger partial charge in [-0.15, -0.1) is 0 Å². The van der Waals surface area contributed by atoms with Gasteiger partial charge in [0, 0.05) is 17.4 Å². The van der Waals surface area contributed by atoms with E-state index < -0.39 is 9.52 Å². The van der Waals surface area contributed by atoms with Crippen LogP contribution in [0.3, 0.4) is 0 Å². The average Bonchev–Trinajstić information content (AvgIpc) is 2.15. The number of hydrogen-bond acceptors (Lipinski definition) is 3. The number of rotatable bonds is 0. The summed E-state index contributed by atoms with van der Waals surface area (Å²) in [4.78, 5) is 9.65. The van der Waals surface area contributed by atoms with Gasteiger partial charge in [0.2, 0.25) is 0 Å². The highest BCUT2D eigenvalue weighted by Crippen LogP contribution is 2.25. The van der Waals surface area contributed by atoms with Crippen molar-refractivity contribution in [1.29, 1.82) is 0 Å². The summed E-state index contributed by atoms with van der Waals surface area (Å²) in [6, 6.07) is 0. The van der Waals surface area contributed by atoms with Crippen LogP contribution in [0.15, 0.2) is 11.1 Å². The summed E-state index contributed by atoms with van der Waals surface area (Å²) in [5, 5.41) is 0. The fraction of sp³-hybridized carbons (Fsp3) is 0.583. The van der Waals surface area contributed by atoms with Gasteiger partial charge in [-0.1, -0.05) is 20.8 Å². The summed E-state index contributed by atoms with van der Waals surface area (Å²) >= 11 is 0. The molecule has 0 bridgehead atoms. The molecule has 4 heteroatoms. The van der Waals surface area contributed by atoms with Gasteiger partial charge in [0.05, 0.1) is 10.6 Å². The van der Waals surface area contributed by atoms with Crippen molar-refractivity contribution in [3.05, 3.63) is 17.7 Å². The zero-order chi connectivity index (χ0) is 12.0. The van der Waals surface area contributed by atoms with E-state index >= 15 is 0 Å². The lowest BCUT2D eigenvalue weighted by Gasteiger charge is -2.22. The van der Waals surface area contributed by atoms with E-state index in [1.807, 2.05) is 0 Å². The van der Waals surface area contributed by atoms with Gasteiger partial charge < -0.3 is 0 Å². The van der Waals surface area contributed by atoms with Crippen LogP contribution in [0.1, 0.15) is 38.7 Å². The fourth-order valence-corrected chi connectivity index (χ4v) is 3.49. The monoisotopic (exact) mass is 238 g/mol. The number of aryl methyl sites for hydroxylation is 1. The highest BCUT2D eigenvalue weighted by atomic mass is 32.2. The third-order valence-corrected chi connectivity index (χ3v) is 4.88. The minimum atomic E-state index is -2.13. The summed E-state index contributed by atoms with van der Waals surface area (Å²) in [6.45, 7) is 6.25. The Bertz CT molecular complexity index is 512. The van der Waals surface area contributed by atoms with Crippen LogP contribution in [0.4, 0.5) is 0 Å². The second kappa shape index (κ2) is 3.55. The van der Waals surface area contributed by atoms with Crippen LogP contribution in [0.25, 0.3) is 0 Å². The molecule has 16 heavy (non-hydrogen) atoms. The normalized spacial score (nSPS) is 25.2. The standard InChI is InChI=1S/C12H18N2OS/c1-12(2,3)11-13-8-10-9(14-11)6-5-7-16(10,4)15/h8H,4-7H2,1-3H3. The highest BCUT2D eigenvalue weighted by molar-refractivity contribution is 8.00. The molecule has 2 rings (SSSR count). The van der Waals surface area contributed by atoms with Crippen molar-refractivity contribution in [2.75, 3.05) is 5.75 Å². The second-order valence-electron chi connectivity index (χ2n) is 5.37. The van der Waals surface area contributed by atoms with E-state index in [2.05, 4.69) is 36.6 Å². The number of nitrogens with zero attached hydrogens (tertiary/aromatic N) is 2. The molecule has 1 aromatic rings. The van der Waals surface area contributed by atoms with E-state index in [1.54, 1.807) is 6.20 Å². The number of hydrogen-bond donors (Lipinski definition) is 0. The molecule has 1 aliphatic heterocycles. The van der Waals surface area contributed by atoms with Gasteiger partial charge in [-0.3, -0.25) is 4.21 Å². The maximum Gasteiger partial charge on any atom is 0.133 e. The smallest absolute Gasteiger partial charge is 0.133 e. The molecule has 0 radical (unpaired) electrons. The summed E-state index contributed by atoms with van der Waals surface area (Å²) in [6.07, 6.45) is 3.53. The Kier molecular flexibility index (Phi) is 2.57. The van der Waals surface area contributed by atoms with Gasteiger partial charge in [-0.05, 0) is 28.2 Å². The maximum atomic E-state index is 12.2. The Morgan fingerprint density at radius 1 is 1.44 bits per heavy atom. The van der Waals surface area contributed by atoms with Crippen molar-refractivity contribution in [2.45, 2.75) is 43.9 Å². The average molecular weight is 238 g/mol. The fourth-order valence-electron chi connectivity index (χ4n) is 1.84. The van der Waals surface area contributed by atoms with Crippen molar-refractivity contribution >= 4 is 15.4 Å². The lowest BCUT2D eigenvalue weighted by Crippen LogP contribution is -2.22. The summed E-state index contributed by atoms with van der Waals surface area (Å²) < 4.78 is 12.2. The van der Waals surface area contributed by atoms with E-state index in [-0.39, 0.29) is 5.41 Å². The molecule has 0 aliphatic carbocycles. The van der Waals surface area contributed by atoms with Gasteiger partial charge in [-0.2, -0.15) is 0 Å². The molecule has 2 heterocycles. The van der Waals surface area contributed by atoms with Crippen molar-refractivity contribution in [2.24, 2.45) is 0 Å². The minimum absolute atomic E-state index is 0.0610. The molecule has 0 fully saturated rings. The maximum absolute atomic E-state index is 12.2. The van der Waals surface area contributed by atoms with Crippen molar-refractivity contribution in [3.8, 4) is 0 Å². The molecule has 3 nitrogen and oxygen atoms in total. The predicted octanol–water partition coefficient (Wildman–Crippen LogP) is 1.80. The zero-order valence-electron chi connectivity index (χ0n) is 10.1. The molecular weight excluding hydrogens is 220 g/mol. The first-order valence-corrected chi connectivity index (χ1v) is 7.42. The van der Waals surface area contributed by atoms with Crippen molar-refractivity contribution < 1.29 is 4.21 Å². The van der Waals surface area contributed by atoms with Gasteiger partial charge in [0.1, 0.15) is 5.82 Å². The van der Waals surface area contributed by atoms with Gasteiger partial charge >= 0.3 is 0 Å².